The number of nitrogens with one attached hydrogen (secondary N) is 2. The van der Waals surface area contributed by atoms with E-state index in [9.17, 15) is 4.79 Å². The maximum Gasteiger partial charge on any atom is 0.238 e. The standard InChI is InChI=1S/C16H24Cl2N2O/c1-15(2,3)10-16(4,5)19-9-13(21)20-14-11(17)7-6-8-12(14)18/h6-8,19H,9-10H2,1-5H3,(H,20,21). The highest BCUT2D eigenvalue weighted by molar-refractivity contribution is 6.39. The quantitative estimate of drug-likeness (QED) is 0.818. The Labute approximate surface area is 137 Å². The molecule has 0 aliphatic carbocycles. The van der Waals surface area contributed by atoms with Gasteiger partial charge in [0.2, 0.25) is 5.91 Å². The second-order valence-electron chi connectivity index (χ2n) is 7.12. The first-order chi connectivity index (χ1) is 9.50. The number of carbonyl (C=O) groups excluding carboxylic acids is 1. The lowest BCUT2D eigenvalue weighted by atomic mass is 9.82. The number of halogens is 2. The van der Waals surface area contributed by atoms with E-state index in [1.165, 1.54) is 0 Å². The normalized spacial score (nSPS) is 12.3. The first-order valence-electron chi connectivity index (χ1n) is 6.99. The molecule has 2 N–H and O–H groups in total. The molecule has 1 amide bonds. The van der Waals surface area contributed by atoms with Crippen LogP contribution in [0.25, 0.3) is 0 Å². The summed E-state index contributed by atoms with van der Waals surface area (Å²) in [6.45, 7) is 10.9. The minimum absolute atomic E-state index is 0.125. The third-order valence-electron chi connectivity index (χ3n) is 2.93. The molecule has 21 heavy (non-hydrogen) atoms. The molecule has 0 atom stereocenters. The van der Waals surface area contributed by atoms with E-state index in [1.54, 1.807) is 18.2 Å². The lowest BCUT2D eigenvalue weighted by Gasteiger charge is -2.33. The fourth-order valence-electron chi connectivity index (χ4n) is 2.51. The second-order valence-corrected chi connectivity index (χ2v) is 7.93. The van der Waals surface area contributed by atoms with Gasteiger partial charge in [-0.25, -0.2) is 0 Å². The van der Waals surface area contributed by atoms with Gasteiger partial charge in [0.05, 0.1) is 22.3 Å². The van der Waals surface area contributed by atoms with Gasteiger partial charge in [-0.2, -0.15) is 0 Å². The zero-order chi connectivity index (χ0) is 16.3. The lowest BCUT2D eigenvalue weighted by Crippen LogP contribution is -2.45. The van der Waals surface area contributed by atoms with Gasteiger partial charge in [-0.3, -0.25) is 4.79 Å². The summed E-state index contributed by atoms with van der Waals surface area (Å²) in [7, 11) is 0. The van der Waals surface area contributed by atoms with E-state index in [0.29, 0.717) is 15.7 Å². The number of benzene rings is 1. The summed E-state index contributed by atoms with van der Waals surface area (Å²) in [6.07, 6.45) is 0.958. The van der Waals surface area contributed by atoms with Gasteiger partial charge in [-0.1, -0.05) is 50.0 Å². The average molecular weight is 331 g/mol. The maximum atomic E-state index is 12.0. The van der Waals surface area contributed by atoms with E-state index >= 15 is 0 Å². The number of hydrogen-bond donors (Lipinski definition) is 2. The second kappa shape index (κ2) is 6.99. The third-order valence-corrected chi connectivity index (χ3v) is 3.56. The highest BCUT2D eigenvalue weighted by Crippen LogP contribution is 2.30. The van der Waals surface area contributed by atoms with Gasteiger partial charge in [0.15, 0.2) is 0 Å². The van der Waals surface area contributed by atoms with Crippen molar-refractivity contribution in [1.29, 1.82) is 0 Å². The molecule has 0 heterocycles. The molecule has 5 heteroatoms. The first kappa shape index (κ1) is 18.3. The number of amides is 1. The Morgan fingerprint density at radius 1 is 1.10 bits per heavy atom. The van der Waals surface area contributed by atoms with Crippen LogP contribution < -0.4 is 10.6 Å². The smallest absolute Gasteiger partial charge is 0.238 e. The molecule has 0 aliphatic rings. The van der Waals surface area contributed by atoms with Crippen LogP contribution in [0.5, 0.6) is 0 Å². The van der Waals surface area contributed by atoms with E-state index in [4.69, 9.17) is 23.2 Å². The van der Waals surface area contributed by atoms with Gasteiger partial charge >= 0.3 is 0 Å². The topological polar surface area (TPSA) is 41.1 Å². The Morgan fingerprint density at radius 2 is 1.62 bits per heavy atom. The lowest BCUT2D eigenvalue weighted by molar-refractivity contribution is -0.115. The Morgan fingerprint density at radius 3 is 2.10 bits per heavy atom. The van der Waals surface area contributed by atoms with Crippen molar-refractivity contribution in [1.82, 2.24) is 5.32 Å². The summed E-state index contributed by atoms with van der Waals surface area (Å²) >= 11 is 12.1. The van der Waals surface area contributed by atoms with E-state index in [1.807, 2.05) is 0 Å². The number of rotatable bonds is 5. The number of carbonyl (C=O) groups is 1. The van der Waals surface area contributed by atoms with Gasteiger partial charge in [0.25, 0.3) is 0 Å². The maximum absolute atomic E-state index is 12.0. The monoisotopic (exact) mass is 330 g/mol. The first-order valence-corrected chi connectivity index (χ1v) is 7.75. The number of para-hydroxylation sites is 1. The molecular formula is C16H24Cl2N2O. The molecule has 0 radical (unpaired) electrons. The van der Waals surface area contributed by atoms with E-state index < -0.39 is 0 Å². The molecular weight excluding hydrogens is 307 g/mol. The van der Waals surface area contributed by atoms with Crippen molar-refractivity contribution in [3.05, 3.63) is 28.2 Å². The molecule has 3 nitrogen and oxygen atoms in total. The van der Waals surface area contributed by atoms with Gasteiger partial charge < -0.3 is 10.6 Å². The molecule has 118 valence electrons. The van der Waals surface area contributed by atoms with Crippen molar-refractivity contribution in [2.24, 2.45) is 5.41 Å². The van der Waals surface area contributed by atoms with Crippen LogP contribution in [-0.2, 0) is 4.79 Å². The molecule has 1 aromatic rings. The van der Waals surface area contributed by atoms with Crippen LogP contribution in [0.4, 0.5) is 5.69 Å². The van der Waals surface area contributed by atoms with Gasteiger partial charge in [-0.15, -0.1) is 0 Å². The third kappa shape index (κ3) is 6.68. The average Bonchev–Trinajstić information content (AvgIpc) is 2.29. The Kier molecular flexibility index (Phi) is 6.09. The van der Waals surface area contributed by atoms with Crippen LogP contribution in [0.3, 0.4) is 0 Å². The Balaban J connectivity index is 2.59. The number of hydrogen-bond acceptors (Lipinski definition) is 2. The molecule has 1 aromatic carbocycles. The molecule has 1 rings (SSSR count). The zero-order valence-electron chi connectivity index (χ0n) is 13.3. The van der Waals surface area contributed by atoms with Crippen molar-refractivity contribution in [3.8, 4) is 0 Å². The molecule has 0 fully saturated rings. The van der Waals surface area contributed by atoms with Crippen molar-refractivity contribution in [2.45, 2.75) is 46.6 Å². The fraction of sp³-hybridized carbons (Fsp3) is 0.562. The predicted molar refractivity (Wildman–Crippen MR) is 91.2 cm³/mol. The molecule has 0 saturated heterocycles. The van der Waals surface area contributed by atoms with Crippen LogP contribution in [-0.4, -0.2) is 18.0 Å². The molecule has 0 aliphatic heterocycles. The summed E-state index contributed by atoms with van der Waals surface area (Å²) in [5.74, 6) is -0.160. The van der Waals surface area contributed by atoms with E-state index in [2.05, 4.69) is 45.3 Å². The van der Waals surface area contributed by atoms with Crippen molar-refractivity contribution >= 4 is 34.8 Å². The predicted octanol–water partition coefficient (Wildman–Crippen LogP) is 4.74. The van der Waals surface area contributed by atoms with Crippen LogP contribution in [0, 0.1) is 5.41 Å². The van der Waals surface area contributed by atoms with E-state index in [0.717, 1.165) is 6.42 Å². The minimum atomic E-state index is -0.160. The van der Waals surface area contributed by atoms with E-state index in [-0.39, 0.29) is 23.4 Å². The minimum Gasteiger partial charge on any atom is -0.322 e. The molecule has 0 bridgehead atoms. The zero-order valence-corrected chi connectivity index (χ0v) is 14.8. The molecule has 0 aromatic heterocycles. The van der Waals surface area contributed by atoms with Gasteiger partial charge in [0, 0.05) is 5.54 Å². The molecule has 0 unspecified atom stereocenters. The van der Waals surface area contributed by atoms with Crippen molar-refractivity contribution < 1.29 is 4.79 Å². The van der Waals surface area contributed by atoms with Crippen LogP contribution in [0.1, 0.15) is 41.0 Å². The largest absolute Gasteiger partial charge is 0.322 e. The molecule has 0 spiro atoms. The molecule has 0 saturated carbocycles. The van der Waals surface area contributed by atoms with Crippen molar-refractivity contribution in [3.63, 3.8) is 0 Å². The number of anilines is 1. The SMILES string of the molecule is CC(C)(C)CC(C)(C)NCC(=O)Nc1c(Cl)cccc1Cl. The van der Waals surface area contributed by atoms with Crippen LogP contribution >= 0.6 is 23.2 Å². The van der Waals surface area contributed by atoms with Crippen LogP contribution in [0.2, 0.25) is 10.0 Å². The highest BCUT2D eigenvalue weighted by Gasteiger charge is 2.25. The fourth-order valence-corrected chi connectivity index (χ4v) is 3.00. The summed E-state index contributed by atoms with van der Waals surface area (Å²) in [5, 5.41) is 6.89. The Bertz CT molecular complexity index is 487. The summed E-state index contributed by atoms with van der Waals surface area (Å²) in [5.41, 5.74) is 0.528. The van der Waals surface area contributed by atoms with Crippen molar-refractivity contribution in [2.75, 3.05) is 11.9 Å². The van der Waals surface area contributed by atoms with Gasteiger partial charge in [0.1, 0.15) is 0 Å². The van der Waals surface area contributed by atoms with Crippen LogP contribution in [0.15, 0.2) is 18.2 Å². The summed E-state index contributed by atoms with van der Waals surface area (Å²) in [6, 6.07) is 5.13. The highest BCUT2D eigenvalue weighted by atomic mass is 35.5. The van der Waals surface area contributed by atoms with Gasteiger partial charge in [-0.05, 0) is 37.8 Å². The summed E-state index contributed by atoms with van der Waals surface area (Å²) in [4.78, 5) is 12.0. The Hall–Kier alpha value is -0.770. The summed E-state index contributed by atoms with van der Waals surface area (Å²) < 4.78 is 0.